The van der Waals surface area contributed by atoms with Crippen molar-refractivity contribution in [1.82, 2.24) is 59.2 Å². The van der Waals surface area contributed by atoms with E-state index in [0.29, 0.717) is 6.17 Å². The highest BCUT2D eigenvalue weighted by atomic mass is 33.1. The van der Waals surface area contributed by atoms with Crippen LogP contribution in [-0.2, 0) is 42.6 Å². The molecule has 5 N–H and O–H groups in total. The summed E-state index contributed by atoms with van der Waals surface area (Å²) >= 11 is 0. The Morgan fingerprint density at radius 1 is 0.500 bits per heavy atom. The number of aliphatic hydroxyl groups excluding tert-OH is 2. The van der Waals surface area contributed by atoms with E-state index >= 15 is 0 Å². The van der Waals surface area contributed by atoms with Gasteiger partial charge in [0.1, 0.15) is 11.6 Å². The molecule has 4 rings (SSSR count). The molecule has 4 aromatic heterocycles. The fraction of sp³-hybridized carbons (Fsp3) is 0.667. The monoisotopic (exact) mass is 2210 g/mol. The van der Waals surface area contributed by atoms with Gasteiger partial charge in [-0.15, -0.1) is 205 Å². The molecule has 4 aromatic rings. The van der Waals surface area contributed by atoms with Crippen molar-refractivity contribution in [3.63, 3.8) is 0 Å². The van der Waals surface area contributed by atoms with Gasteiger partial charge in [0.2, 0.25) is 0 Å². The Labute approximate surface area is 764 Å². The molecule has 0 aliphatic heterocycles. The Bertz CT molecular complexity index is 1940. The number of aromatic nitrogens is 8. The molecule has 27 atom stereocenters. The van der Waals surface area contributed by atoms with Crippen LogP contribution in [0.3, 0.4) is 0 Å². The van der Waals surface area contributed by atoms with Crippen molar-refractivity contribution >= 4 is 361 Å². The van der Waals surface area contributed by atoms with Gasteiger partial charge in [-0.2, -0.15) is 30.3 Å². The number of carbonyl (C=O) groups excluding carboxylic acids is 3. The maximum atomic E-state index is 10.2. The molecule has 110 heavy (non-hydrogen) atoms. The lowest BCUT2D eigenvalue weighted by Gasteiger charge is -2.26. The van der Waals surface area contributed by atoms with E-state index in [1.54, 1.807) is 35.0 Å². The average Bonchev–Trinajstić information content (AvgIpc) is 1.83. The van der Waals surface area contributed by atoms with Crippen LogP contribution in [-0.4, -0.2) is 193 Å². The summed E-state index contributed by atoms with van der Waals surface area (Å²) in [7, 11) is 89.2. The van der Waals surface area contributed by atoms with Crippen LogP contribution in [0.15, 0.2) is 61.3 Å². The highest BCUT2D eigenvalue weighted by Crippen LogP contribution is 3.00. The van der Waals surface area contributed by atoms with Gasteiger partial charge in [0.25, 0.3) is 0 Å². The largest absolute Gasteiger partial charge is 0.400 e. The predicted octanol–water partition coefficient (Wildman–Crippen LogP) is 23.8. The molecule has 18 nitrogen and oxygen atoms in total. The molecule has 0 fully saturated rings. The highest BCUT2D eigenvalue weighted by molar-refractivity contribution is 9.06. The maximum Gasteiger partial charge on any atom is 0.154 e. The van der Waals surface area contributed by atoms with E-state index in [2.05, 4.69) is 282 Å². The first-order chi connectivity index (χ1) is 48.0. The summed E-state index contributed by atoms with van der Waals surface area (Å²) < 4.78 is 7.24. The minimum Gasteiger partial charge on any atom is -0.400 e. The number of ketones is 3. The molecular formula is C51H167B5N13O5P36. The summed E-state index contributed by atoms with van der Waals surface area (Å²) in [5, 5.41) is 29.9. The van der Waals surface area contributed by atoms with E-state index in [9.17, 15) is 14.4 Å². The van der Waals surface area contributed by atoms with Crippen LogP contribution in [0.5, 0.6) is 0 Å². The lowest BCUT2D eigenvalue weighted by molar-refractivity contribution is -0.115. The SMILES string of the molecule is CC.CC.CC.CC.CC.CC(=O)C=CN(C)C.CC(C)=O.CC(C)=O.CC(N(C)C)N(C)C.CNN.CO.CO.Cc1ccn(C)n1.Cc1ccn(C)n1.Cc1ccnn1C.Cc1ccnn1C.P.PP.PP(P)P.PP(P)P(P)P.PP(P)P(P)P(P)P.PPP.PPP(P)P.PPP(P)P(P)P.[B].[B].[B].[B].[B]. The molecular weight excluding hydrogens is 2040 g/mol. The number of aliphatic hydroxyl groups is 2. The summed E-state index contributed by atoms with van der Waals surface area (Å²) in [5.41, 5.74) is 6.78. The highest BCUT2D eigenvalue weighted by Gasteiger charge is 2.10. The van der Waals surface area contributed by atoms with Crippen LogP contribution in [0.25, 0.3) is 0 Å². The van der Waals surface area contributed by atoms with Gasteiger partial charge in [-0.3, -0.25) is 44.6 Å². The zero-order valence-corrected chi connectivity index (χ0v) is 112. The number of aryl methyl sites for hydroxylation is 8. The first kappa shape index (κ1) is 189. The summed E-state index contributed by atoms with van der Waals surface area (Å²) in [6, 6.07) is 7.89. The van der Waals surface area contributed by atoms with Crippen LogP contribution in [0.4, 0.5) is 0 Å². The van der Waals surface area contributed by atoms with Gasteiger partial charge in [0.15, 0.2) is 5.78 Å². The predicted molar refractivity (Wildman–Crippen MR) is 652 cm³/mol. The zero-order valence-electron chi connectivity index (χ0n) is 73.4. The summed E-state index contributed by atoms with van der Waals surface area (Å²) in [6.45, 7) is 39.4. The van der Waals surface area contributed by atoms with Gasteiger partial charge < -0.3 is 24.7 Å². The Morgan fingerprint density at radius 2 is 0.709 bits per heavy atom. The molecule has 0 aliphatic rings. The average molecular weight is 2210 g/mol. The van der Waals surface area contributed by atoms with E-state index in [0.717, 1.165) is 49.5 Å². The molecule has 59 heteroatoms. The number of hydrogen-bond donors (Lipinski definition) is 4. The number of nitrogens with one attached hydrogen (secondary N) is 1. The number of nitrogens with zero attached hydrogens (tertiary/aromatic N) is 11. The lowest BCUT2D eigenvalue weighted by atomic mass is 10.4. The van der Waals surface area contributed by atoms with Crippen LogP contribution in [0, 0.1) is 27.7 Å². The Balaban J connectivity index is -0.0000000302. The van der Waals surface area contributed by atoms with Gasteiger partial charge in [-0.1, -0.05) is 93.1 Å². The van der Waals surface area contributed by atoms with Crippen molar-refractivity contribution < 1.29 is 24.6 Å². The van der Waals surface area contributed by atoms with Gasteiger partial charge in [-0.05, 0) is 198 Å². The van der Waals surface area contributed by atoms with E-state index in [4.69, 9.17) is 10.2 Å². The number of nitrogens with two attached hydrogens (primary N) is 1. The third-order valence-corrected chi connectivity index (χ3v) is 109. The molecule has 0 aliphatic carbocycles. The lowest BCUT2D eigenvalue weighted by Crippen LogP contribution is -2.37. The van der Waals surface area contributed by atoms with E-state index in [1.165, 1.54) is 52.1 Å². The van der Waals surface area contributed by atoms with Crippen molar-refractivity contribution in [2.45, 2.75) is 145 Å². The minimum atomic E-state index is 0. The first-order valence-corrected chi connectivity index (χ1v) is 87.6. The number of rotatable bonds is 10. The second-order valence-electron chi connectivity index (χ2n) is 16.9. The van der Waals surface area contributed by atoms with Crippen molar-refractivity contribution in [2.75, 3.05) is 63.6 Å². The van der Waals surface area contributed by atoms with Crippen LogP contribution in [0.1, 0.15) is 134 Å². The Hall–Kier alpha value is 11.0. The quantitative estimate of drug-likeness (QED) is 0.0291. The number of hydrogen-bond acceptors (Lipinski definition) is 14. The Morgan fingerprint density at radius 3 is 0.736 bits per heavy atom. The van der Waals surface area contributed by atoms with Crippen molar-refractivity contribution in [2.24, 2.45) is 34.0 Å². The van der Waals surface area contributed by atoms with Crippen LogP contribution >= 0.6 is 302 Å². The van der Waals surface area contributed by atoms with E-state index < -0.39 is 0 Å². The van der Waals surface area contributed by atoms with Crippen molar-refractivity contribution in [3.05, 3.63) is 84.1 Å². The first-order valence-electron chi connectivity index (χ1n) is 30.6. The van der Waals surface area contributed by atoms with Gasteiger partial charge in [0, 0.05) is 141 Å². The maximum absolute atomic E-state index is 10.2. The summed E-state index contributed by atoms with van der Waals surface area (Å²) in [5.74, 6) is 5.01. The molecule has 0 spiro atoms. The normalized spacial score (nSPS) is 8.64. The minimum absolute atomic E-state index is 0. The molecule has 0 amide bonds. The molecule has 27 unspecified atom stereocenters. The van der Waals surface area contributed by atoms with Gasteiger partial charge in [0.05, 0.1) is 17.6 Å². The number of carbonyl (C=O) groups is 3. The molecule has 0 bridgehead atoms. The third-order valence-electron chi connectivity index (χ3n) is 7.20. The van der Waals surface area contributed by atoms with Crippen molar-refractivity contribution in [3.8, 4) is 0 Å². The molecule has 15 radical (unpaired) electrons. The van der Waals surface area contributed by atoms with Crippen molar-refractivity contribution in [1.29, 1.82) is 0 Å². The smallest absolute Gasteiger partial charge is 0.154 e. The fourth-order valence-electron chi connectivity index (χ4n) is 2.84. The molecule has 4 heterocycles. The summed E-state index contributed by atoms with van der Waals surface area (Å²) in [6.07, 6.45) is 11.2. The van der Waals surface area contributed by atoms with Crippen LogP contribution in [0.2, 0.25) is 0 Å². The molecule has 0 saturated heterocycles. The summed E-state index contributed by atoms with van der Waals surface area (Å²) in [4.78, 5) is 35.3. The van der Waals surface area contributed by atoms with E-state index in [-0.39, 0.29) is 132 Å². The second kappa shape index (κ2) is 167. The molecule has 661 valence electrons. The Kier molecular flexibility index (Phi) is 286. The molecule has 0 saturated carbocycles. The number of Topliss-reactive ketones (excluding diaryl/α,β-unsaturated/α-hetero) is 2. The topological polar surface area (TPSA) is 211 Å². The van der Waals surface area contributed by atoms with Crippen LogP contribution < -0.4 is 11.3 Å². The standard InChI is InChI=1S/C6H16N2.C6H11NO.4C5H8N2.2C3H6O.5C2H6.CH6N2.2CH4O.5B.H10P8.H9P7.H8P6.H7P5.H6P4.H5P3.H4P2.H3P/c1-6(7(2)3)8(4)5;1-6(8)4-5-7(2)3;2*1-5-3-4-7(2)6-5;2*1-5-3-4-6-7(5)2;2*1-3(2)4;5*1-2;1-3-2;2*1-2;;;;;;1-6(2)8(5)7(3)4;1-5-7(4)6(2)3;1-5(2)6(3)4;1-4-5(2)3;1-4(2)3;1-3-2;1-2;/h6H,1-5H3;4-5H,1-3H3;4*3-4H,1-2H3;2*1-2H3;5*1-2H3;3H,2H2,1H3;2*2H,1H3;;;;;;1-5H2;5H,1-4H2;1-4H2;4H,1-3H2;1-3H2;3H,1-2H2;1-2H2;1H3. The van der Waals surface area contributed by atoms with Gasteiger partial charge in [-0.25, -0.2) is 0 Å². The fourth-order valence-corrected chi connectivity index (χ4v) is 47.8. The number of hydrazine groups is 1. The zero-order chi connectivity index (χ0) is 88.6. The van der Waals surface area contributed by atoms with E-state index in [1.807, 2.05) is 190 Å². The number of allylic oxidation sites excluding steroid dienone is 1. The second-order valence-corrected chi connectivity index (χ2v) is 117. The third kappa shape index (κ3) is 246. The van der Waals surface area contributed by atoms with Gasteiger partial charge >= 0.3 is 0 Å². The molecule has 0 aromatic carbocycles.